The lowest BCUT2D eigenvalue weighted by Gasteiger charge is -2.27. The van der Waals surface area contributed by atoms with Crippen LogP contribution in [0.5, 0.6) is 0 Å². The monoisotopic (exact) mass is 716 g/mol. The number of hydrogen-bond acceptors (Lipinski definition) is 4. The Labute approximate surface area is 320 Å². The first-order valence-electron chi connectivity index (χ1n) is 18.9. The SMILES string of the molecule is C#C[C@@H](C(=O)Nc1ccc(/C=C/c2ccc(CCC(=O)[C@@H]3C#CCCC(CC(=O)Cc4ccccc4)C3)cc2)cc1)N(CCC)C(=O)Cc1ccccc1. The number of ketones is 2. The third-order valence-electron chi connectivity index (χ3n) is 9.66. The molecular weight excluding hydrogens is 669 g/mol. The molecule has 1 aliphatic carbocycles. The summed E-state index contributed by atoms with van der Waals surface area (Å²) in [5.74, 6) is 8.50. The summed E-state index contributed by atoms with van der Waals surface area (Å²) in [6, 6.07) is 33.8. The summed E-state index contributed by atoms with van der Waals surface area (Å²) in [5.41, 5.74) is 5.54. The smallest absolute Gasteiger partial charge is 0.259 e. The number of anilines is 1. The first-order chi connectivity index (χ1) is 26.3. The molecule has 0 spiro atoms. The summed E-state index contributed by atoms with van der Waals surface area (Å²) in [6.45, 7) is 2.33. The Morgan fingerprint density at radius 1 is 0.833 bits per heavy atom. The van der Waals surface area contributed by atoms with E-state index in [2.05, 4.69) is 23.1 Å². The second-order valence-electron chi connectivity index (χ2n) is 13.9. The average Bonchev–Trinajstić information content (AvgIpc) is 3.43. The molecule has 3 atom stereocenters. The lowest BCUT2D eigenvalue weighted by atomic mass is 9.85. The van der Waals surface area contributed by atoms with Crippen LogP contribution in [0.4, 0.5) is 5.69 Å². The van der Waals surface area contributed by atoms with Crippen molar-refractivity contribution in [1.29, 1.82) is 0 Å². The van der Waals surface area contributed by atoms with Crippen LogP contribution >= 0.6 is 0 Å². The van der Waals surface area contributed by atoms with Crippen LogP contribution in [0, 0.1) is 36.0 Å². The van der Waals surface area contributed by atoms with E-state index in [4.69, 9.17) is 6.42 Å². The van der Waals surface area contributed by atoms with E-state index in [9.17, 15) is 19.2 Å². The standard InChI is InChI=1S/C48H48N2O4/c1-3-31-50(47(53)35-40-15-9-6-10-16-40)45(4-2)48(54)49-43-28-25-38(26-29-43)24-21-36-19-22-37(23-20-36)27-30-46(52)42-18-12-11-17-41(32-42)34-44(51)33-39-13-7-5-8-14-39/h2,5-10,13-16,19-26,28-29,41-42,45H,3,11,17,27,30-35H2,1H3,(H,49,54)/b24-21+/t41?,42-,45+/m1/s1. The largest absolute Gasteiger partial charge is 0.323 e. The molecule has 1 N–H and O–H groups in total. The Kier molecular flexibility index (Phi) is 14.8. The van der Waals surface area contributed by atoms with Gasteiger partial charge in [0.05, 0.1) is 12.3 Å². The molecule has 0 radical (unpaired) electrons. The Balaban J connectivity index is 1.08. The van der Waals surface area contributed by atoms with Crippen LogP contribution < -0.4 is 5.32 Å². The van der Waals surface area contributed by atoms with E-state index < -0.39 is 11.9 Å². The Morgan fingerprint density at radius 3 is 2.06 bits per heavy atom. The van der Waals surface area contributed by atoms with Gasteiger partial charge in [0, 0.05) is 37.9 Å². The number of aryl methyl sites for hydroxylation is 1. The number of hydrogen-bond donors (Lipinski definition) is 1. The van der Waals surface area contributed by atoms with Crippen molar-refractivity contribution in [3.05, 3.63) is 137 Å². The summed E-state index contributed by atoms with van der Waals surface area (Å²) < 4.78 is 0. The topological polar surface area (TPSA) is 83.6 Å². The number of carbonyl (C=O) groups excluding carboxylic acids is 4. The van der Waals surface area contributed by atoms with Crippen molar-refractivity contribution >= 4 is 41.2 Å². The van der Waals surface area contributed by atoms with E-state index in [1.807, 2.05) is 128 Å². The van der Waals surface area contributed by atoms with Gasteiger partial charge < -0.3 is 10.2 Å². The van der Waals surface area contributed by atoms with Crippen LogP contribution in [0.3, 0.4) is 0 Å². The summed E-state index contributed by atoms with van der Waals surface area (Å²) in [5, 5.41) is 2.87. The fraction of sp³-hybridized carbons (Fsp3) is 0.292. The summed E-state index contributed by atoms with van der Waals surface area (Å²) in [4.78, 5) is 53.8. The molecule has 6 heteroatoms. The molecule has 0 saturated carbocycles. The molecule has 1 aliphatic rings. The molecule has 0 bridgehead atoms. The van der Waals surface area contributed by atoms with Crippen molar-refractivity contribution in [3.63, 3.8) is 0 Å². The van der Waals surface area contributed by atoms with Gasteiger partial charge in [0.2, 0.25) is 5.91 Å². The maximum Gasteiger partial charge on any atom is 0.259 e. The molecule has 0 saturated heterocycles. The summed E-state index contributed by atoms with van der Waals surface area (Å²) in [6.07, 6.45) is 14.9. The normalized spacial score (nSPS) is 15.6. The van der Waals surface area contributed by atoms with Gasteiger partial charge in [-0.3, -0.25) is 19.2 Å². The van der Waals surface area contributed by atoms with E-state index in [-0.39, 0.29) is 35.7 Å². The zero-order valence-electron chi connectivity index (χ0n) is 31.0. The van der Waals surface area contributed by atoms with Crippen molar-refractivity contribution in [2.24, 2.45) is 11.8 Å². The third kappa shape index (κ3) is 12.0. The minimum atomic E-state index is -1.02. The average molecular weight is 717 g/mol. The highest BCUT2D eigenvalue weighted by Crippen LogP contribution is 2.26. The van der Waals surface area contributed by atoms with Gasteiger partial charge in [-0.05, 0) is 71.6 Å². The number of nitrogens with one attached hydrogen (secondary N) is 1. The molecule has 2 amide bonds. The van der Waals surface area contributed by atoms with Crippen LogP contribution in [-0.4, -0.2) is 40.9 Å². The molecule has 5 rings (SSSR count). The van der Waals surface area contributed by atoms with Crippen molar-refractivity contribution in [1.82, 2.24) is 4.90 Å². The number of benzene rings is 4. The fourth-order valence-corrected chi connectivity index (χ4v) is 6.73. The highest BCUT2D eigenvalue weighted by atomic mass is 16.2. The molecule has 1 unspecified atom stereocenters. The Morgan fingerprint density at radius 2 is 1.44 bits per heavy atom. The number of rotatable bonds is 17. The van der Waals surface area contributed by atoms with Crippen LogP contribution in [0.25, 0.3) is 12.2 Å². The maximum absolute atomic E-state index is 13.2. The van der Waals surface area contributed by atoms with E-state index in [1.165, 1.54) is 4.90 Å². The predicted molar refractivity (Wildman–Crippen MR) is 217 cm³/mol. The number of carbonyl (C=O) groups is 4. The lowest BCUT2D eigenvalue weighted by Crippen LogP contribution is -2.47. The fourth-order valence-electron chi connectivity index (χ4n) is 6.73. The van der Waals surface area contributed by atoms with E-state index in [1.54, 1.807) is 0 Å². The van der Waals surface area contributed by atoms with Crippen molar-refractivity contribution < 1.29 is 19.2 Å². The van der Waals surface area contributed by atoms with Gasteiger partial charge in [0.1, 0.15) is 11.6 Å². The van der Waals surface area contributed by atoms with E-state index >= 15 is 0 Å². The molecule has 0 fully saturated rings. The second-order valence-corrected chi connectivity index (χ2v) is 13.9. The van der Waals surface area contributed by atoms with Gasteiger partial charge >= 0.3 is 0 Å². The molecule has 54 heavy (non-hydrogen) atoms. The molecule has 0 heterocycles. The molecule has 274 valence electrons. The molecule has 4 aromatic rings. The molecule has 0 aromatic heterocycles. The van der Waals surface area contributed by atoms with E-state index in [0.717, 1.165) is 40.7 Å². The van der Waals surface area contributed by atoms with Crippen LogP contribution in [0.2, 0.25) is 0 Å². The Hall–Kier alpha value is -5.98. The zero-order valence-corrected chi connectivity index (χ0v) is 31.0. The van der Waals surface area contributed by atoms with Gasteiger partial charge in [-0.1, -0.05) is 128 Å². The summed E-state index contributed by atoms with van der Waals surface area (Å²) >= 11 is 0. The third-order valence-corrected chi connectivity index (χ3v) is 9.66. The predicted octanol–water partition coefficient (Wildman–Crippen LogP) is 8.40. The highest BCUT2D eigenvalue weighted by Gasteiger charge is 2.28. The van der Waals surface area contributed by atoms with Crippen molar-refractivity contribution in [2.45, 2.75) is 70.8 Å². The van der Waals surface area contributed by atoms with Gasteiger partial charge in [0.15, 0.2) is 6.04 Å². The quantitative estimate of drug-likeness (QED) is 0.0879. The van der Waals surface area contributed by atoms with Crippen molar-refractivity contribution in [2.75, 3.05) is 11.9 Å². The van der Waals surface area contributed by atoms with Gasteiger partial charge in [-0.25, -0.2) is 0 Å². The number of terminal acetylenes is 1. The van der Waals surface area contributed by atoms with Crippen LogP contribution in [0.1, 0.15) is 73.3 Å². The summed E-state index contributed by atoms with van der Waals surface area (Å²) in [7, 11) is 0. The first kappa shape index (κ1) is 39.2. The molecule has 0 aliphatic heterocycles. The maximum atomic E-state index is 13.2. The van der Waals surface area contributed by atoms with Crippen molar-refractivity contribution in [3.8, 4) is 24.2 Å². The molecule has 4 aromatic carbocycles. The highest BCUT2D eigenvalue weighted by molar-refractivity contribution is 5.99. The van der Waals surface area contributed by atoms with Gasteiger partial charge in [-0.2, -0.15) is 0 Å². The minimum absolute atomic E-state index is 0.151. The number of Topliss-reactive ketones (excluding diaryl/α,β-unsaturated/α-hetero) is 2. The Bertz CT molecular complexity index is 2000. The number of amides is 2. The molecule has 6 nitrogen and oxygen atoms in total. The second kappa shape index (κ2) is 20.3. The first-order valence-corrected chi connectivity index (χ1v) is 18.9. The number of nitrogens with zero attached hydrogens (tertiary/aromatic N) is 1. The van der Waals surface area contributed by atoms with Crippen LogP contribution in [0.15, 0.2) is 109 Å². The van der Waals surface area contributed by atoms with Crippen LogP contribution in [-0.2, 0) is 38.4 Å². The van der Waals surface area contributed by atoms with Gasteiger partial charge in [-0.15, -0.1) is 12.3 Å². The van der Waals surface area contributed by atoms with E-state index in [0.29, 0.717) is 50.8 Å². The molecular formula is C48H48N2O4. The van der Waals surface area contributed by atoms with Gasteiger partial charge in [0.25, 0.3) is 5.91 Å². The minimum Gasteiger partial charge on any atom is -0.323 e. The lowest BCUT2D eigenvalue weighted by molar-refractivity contribution is -0.136. The zero-order chi connectivity index (χ0) is 38.1.